The van der Waals surface area contributed by atoms with Crippen LogP contribution in [0.5, 0.6) is 0 Å². The first-order valence-corrected chi connectivity index (χ1v) is 7.49. The van der Waals surface area contributed by atoms with E-state index >= 15 is 0 Å². The van der Waals surface area contributed by atoms with E-state index in [-0.39, 0.29) is 11.9 Å². The van der Waals surface area contributed by atoms with Crippen LogP contribution in [-0.4, -0.2) is 30.4 Å². The zero-order valence-corrected chi connectivity index (χ0v) is 13.7. The van der Waals surface area contributed by atoms with Crippen LogP contribution in [0.15, 0.2) is 12.1 Å². The second kappa shape index (κ2) is 7.44. The molecule has 0 fully saturated rings. The molecule has 0 aromatic heterocycles. The highest BCUT2D eigenvalue weighted by Gasteiger charge is 2.15. The molecule has 20 heavy (non-hydrogen) atoms. The maximum absolute atomic E-state index is 12.0. The summed E-state index contributed by atoms with van der Waals surface area (Å²) in [6.45, 7) is 14.5. The zero-order valence-electron chi connectivity index (χ0n) is 13.7. The number of aryl methyl sites for hydroxylation is 3. The Bertz CT molecular complexity index is 441. The van der Waals surface area contributed by atoms with Gasteiger partial charge in [-0.25, -0.2) is 0 Å². The number of carbonyl (C=O) groups excluding carboxylic acids is 1. The predicted octanol–water partition coefficient (Wildman–Crippen LogP) is 3.13. The van der Waals surface area contributed by atoms with E-state index in [1.165, 1.54) is 22.3 Å². The normalized spacial score (nSPS) is 12.3. The lowest BCUT2D eigenvalue weighted by Gasteiger charge is -2.23. The smallest absolute Gasteiger partial charge is 0.236 e. The minimum atomic E-state index is 0.171. The van der Waals surface area contributed by atoms with Gasteiger partial charge in [0, 0.05) is 19.1 Å². The third-order valence-corrected chi connectivity index (χ3v) is 3.85. The number of carbonyl (C=O) groups is 1. The Hall–Kier alpha value is -1.35. The Morgan fingerprint density at radius 1 is 1.15 bits per heavy atom. The zero-order chi connectivity index (χ0) is 15.3. The number of nitrogens with zero attached hydrogens (tertiary/aromatic N) is 1. The molecule has 1 rings (SSSR count). The van der Waals surface area contributed by atoms with Crippen LogP contribution in [0.3, 0.4) is 0 Å². The molecule has 1 amide bonds. The van der Waals surface area contributed by atoms with Gasteiger partial charge in [-0.15, -0.1) is 0 Å². The summed E-state index contributed by atoms with van der Waals surface area (Å²) in [6, 6.07) is 4.59. The fourth-order valence-corrected chi connectivity index (χ4v) is 2.90. The number of nitrogens with one attached hydrogen (secondary N) is 1. The molecule has 3 nitrogen and oxygen atoms in total. The molecular formula is C17H28N2O. The molecule has 1 N–H and O–H groups in total. The van der Waals surface area contributed by atoms with E-state index in [2.05, 4.69) is 45.1 Å². The first-order valence-electron chi connectivity index (χ1n) is 7.49. The molecule has 0 aliphatic carbocycles. The van der Waals surface area contributed by atoms with Crippen molar-refractivity contribution in [3.8, 4) is 0 Å². The number of likely N-dealkylation sites (N-methyl/N-ethyl adjacent to an activating group) is 1. The first kappa shape index (κ1) is 16.7. The molecular weight excluding hydrogens is 248 g/mol. The number of amides is 1. The Kier molecular flexibility index (Phi) is 6.21. The van der Waals surface area contributed by atoms with E-state index in [0.29, 0.717) is 6.54 Å². The Morgan fingerprint density at radius 2 is 1.65 bits per heavy atom. The van der Waals surface area contributed by atoms with Crippen molar-refractivity contribution in [1.82, 2.24) is 10.2 Å². The average Bonchev–Trinajstić information content (AvgIpc) is 2.36. The van der Waals surface area contributed by atoms with E-state index in [1.54, 1.807) is 0 Å². The van der Waals surface area contributed by atoms with Crippen LogP contribution in [-0.2, 0) is 4.79 Å². The highest BCUT2D eigenvalue weighted by atomic mass is 16.2. The van der Waals surface area contributed by atoms with Crippen LogP contribution >= 0.6 is 0 Å². The van der Waals surface area contributed by atoms with E-state index in [9.17, 15) is 4.79 Å². The van der Waals surface area contributed by atoms with Gasteiger partial charge in [-0.1, -0.05) is 17.7 Å². The molecule has 1 aromatic rings. The molecule has 0 saturated carbocycles. The average molecular weight is 276 g/mol. The minimum absolute atomic E-state index is 0.171. The highest BCUT2D eigenvalue weighted by Crippen LogP contribution is 2.23. The van der Waals surface area contributed by atoms with Crippen molar-refractivity contribution in [2.24, 2.45) is 0 Å². The van der Waals surface area contributed by atoms with Crippen molar-refractivity contribution in [2.45, 2.75) is 47.6 Å². The second-order valence-electron chi connectivity index (χ2n) is 5.48. The van der Waals surface area contributed by atoms with Crippen LogP contribution in [0.4, 0.5) is 0 Å². The van der Waals surface area contributed by atoms with Gasteiger partial charge in [0.15, 0.2) is 0 Å². The summed E-state index contributed by atoms with van der Waals surface area (Å²) in [5.74, 6) is 0.171. The van der Waals surface area contributed by atoms with Crippen molar-refractivity contribution in [3.63, 3.8) is 0 Å². The molecule has 1 unspecified atom stereocenters. The van der Waals surface area contributed by atoms with Crippen molar-refractivity contribution in [3.05, 3.63) is 34.4 Å². The Morgan fingerprint density at radius 3 is 2.10 bits per heavy atom. The van der Waals surface area contributed by atoms with Crippen LogP contribution in [0.1, 0.15) is 49.1 Å². The van der Waals surface area contributed by atoms with Gasteiger partial charge < -0.3 is 10.2 Å². The van der Waals surface area contributed by atoms with E-state index in [0.717, 1.165) is 13.1 Å². The van der Waals surface area contributed by atoms with Gasteiger partial charge in [-0.2, -0.15) is 0 Å². The molecule has 1 aromatic carbocycles. The van der Waals surface area contributed by atoms with Gasteiger partial charge in [0.1, 0.15) is 0 Å². The lowest BCUT2D eigenvalue weighted by molar-refractivity contribution is -0.129. The molecule has 0 bridgehead atoms. The monoisotopic (exact) mass is 276 g/mol. The Balaban J connectivity index is 2.73. The highest BCUT2D eigenvalue weighted by molar-refractivity contribution is 5.78. The summed E-state index contributed by atoms with van der Waals surface area (Å²) in [4.78, 5) is 13.9. The van der Waals surface area contributed by atoms with Gasteiger partial charge in [0.2, 0.25) is 5.91 Å². The molecule has 1 atom stereocenters. The second-order valence-corrected chi connectivity index (χ2v) is 5.48. The molecule has 0 heterocycles. The third-order valence-electron chi connectivity index (χ3n) is 3.85. The topological polar surface area (TPSA) is 32.3 Å². The number of benzene rings is 1. The van der Waals surface area contributed by atoms with Gasteiger partial charge >= 0.3 is 0 Å². The minimum Gasteiger partial charge on any atom is -0.342 e. The lowest BCUT2D eigenvalue weighted by Crippen LogP contribution is -2.38. The van der Waals surface area contributed by atoms with Gasteiger partial charge in [-0.3, -0.25) is 4.79 Å². The maximum Gasteiger partial charge on any atom is 0.236 e. The standard InChI is InChI=1S/C17H28N2O/c1-7-19(8-2)16(20)11-18-15(6)17-13(4)9-12(3)10-14(17)5/h9-10,15,18H,7-8,11H2,1-6H3. The lowest BCUT2D eigenvalue weighted by atomic mass is 9.95. The molecule has 3 heteroatoms. The largest absolute Gasteiger partial charge is 0.342 e. The molecule has 0 radical (unpaired) electrons. The molecule has 0 saturated heterocycles. The quantitative estimate of drug-likeness (QED) is 0.865. The number of rotatable bonds is 6. The summed E-state index contributed by atoms with van der Waals surface area (Å²) in [5, 5.41) is 3.36. The van der Waals surface area contributed by atoms with E-state index in [4.69, 9.17) is 0 Å². The fraction of sp³-hybridized carbons (Fsp3) is 0.588. The summed E-state index contributed by atoms with van der Waals surface area (Å²) < 4.78 is 0. The first-order chi connectivity index (χ1) is 9.40. The predicted molar refractivity (Wildman–Crippen MR) is 85.0 cm³/mol. The van der Waals surface area contributed by atoms with Crippen LogP contribution in [0.2, 0.25) is 0 Å². The summed E-state index contributed by atoms with van der Waals surface area (Å²) in [5.41, 5.74) is 5.17. The fourth-order valence-electron chi connectivity index (χ4n) is 2.90. The van der Waals surface area contributed by atoms with Crippen molar-refractivity contribution >= 4 is 5.91 Å². The molecule has 0 aliphatic rings. The summed E-state index contributed by atoms with van der Waals surface area (Å²) in [7, 11) is 0. The third kappa shape index (κ3) is 4.07. The van der Waals surface area contributed by atoms with Gasteiger partial charge in [0.05, 0.1) is 6.54 Å². The summed E-state index contributed by atoms with van der Waals surface area (Å²) in [6.07, 6.45) is 0. The van der Waals surface area contributed by atoms with Crippen LogP contribution in [0.25, 0.3) is 0 Å². The summed E-state index contributed by atoms with van der Waals surface area (Å²) >= 11 is 0. The maximum atomic E-state index is 12.0. The van der Waals surface area contributed by atoms with Crippen molar-refractivity contribution in [2.75, 3.05) is 19.6 Å². The number of hydrogen-bond donors (Lipinski definition) is 1. The SMILES string of the molecule is CCN(CC)C(=O)CNC(C)c1c(C)cc(C)cc1C. The van der Waals surface area contributed by atoms with Gasteiger partial charge in [-0.05, 0) is 58.2 Å². The van der Waals surface area contributed by atoms with Crippen LogP contribution in [0, 0.1) is 20.8 Å². The molecule has 112 valence electrons. The Labute approximate surface area is 123 Å². The number of hydrogen-bond acceptors (Lipinski definition) is 2. The van der Waals surface area contributed by atoms with Crippen LogP contribution < -0.4 is 5.32 Å². The van der Waals surface area contributed by atoms with Crippen molar-refractivity contribution < 1.29 is 4.79 Å². The van der Waals surface area contributed by atoms with E-state index < -0.39 is 0 Å². The molecule has 0 spiro atoms. The molecule has 0 aliphatic heterocycles. The van der Waals surface area contributed by atoms with Crippen molar-refractivity contribution in [1.29, 1.82) is 0 Å². The van der Waals surface area contributed by atoms with E-state index in [1.807, 2.05) is 18.7 Å². The van der Waals surface area contributed by atoms with Gasteiger partial charge in [0.25, 0.3) is 0 Å².